The number of para-hydroxylation sites is 2. The van der Waals surface area contributed by atoms with Crippen molar-refractivity contribution in [3.8, 4) is 45.5 Å². The van der Waals surface area contributed by atoms with Gasteiger partial charge in [0.1, 0.15) is 16.8 Å². The lowest BCUT2D eigenvalue weighted by molar-refractivity contribution is 0.669. The van der Waals surface area contributed by atoms with E-state index in [0.717, 1.165) is 38.5 Å². The van der Waals surface area contributed by atoms with Gasteiger partial charge in [-0.2, -0.15) is 0 Å². The van der Waals surface area contributed by atoms with Gasteiger partial charge in [0.15, 0.2) is 17.5 Å². The van der Waals surface area contributed by atoms with Crippen LogP contribution in [0.5, 0.6) is 0 Å². The van der Waals surface area contributed by atoms with Gasteiger partial charge in [0, 0.05) is 55.5 Å². The van der Waals surface area contributed by atoms with E-state index in [0.29, 0.717) is 72.5 Å². The topological polar surface area (TPSA) is 109 Å². The summed E-state index contributed by atoms with van der Waals surface area (Å²) in [5.74, 6) is 1.53. The first kappa shape index (κ1) is 34.5. The molecule has 0 radical (unpaired) electrons. The molecule has 0 saturated carbocycles. The van der Waals surface area contributed by atoms with Crippen LogP contribution in [0.25, 0.3) is 111 Å². The molecule has 9 nitrogen and oxygen atoms in total. The van der Waals surface area contributed by atoms with E-state index >= 15 is 9.59 Å². The SMILES string of the molecule is O=c1c2cc3c(cc2c2ccc4c(c5cccnc5n4-c4ccccc4)c2c(=O)n1-c1ccc(-c2nc(-c4ccccc4)nc(-c4ccccc4)n2)cc1)oc1ccccc13. The van der Waals surface area contributed by atoms with Crippen LogP contribution in [0.4, 0.5) is 0 Å². The van der Waals surface area contributed by atoms with Crippen LogP contribution in [0.3, 0.4) is 0 Å². The molecule has 0 unspecified atom stereocenters. The second kappa shape index (κ2) is 13.5. The maximum atomic E-state index is 15.5. The Morgan fingerprint density at radius 1 is 0.393 bits per heavy atom. The maximum Gasteiger partial charge on any atom is 0.266 e. The van der Waals surface area contributed by atoms with Gasteiger partial charge in [0.05, 0.1) is 16.6 Å². The highest BCUT2D eigenvalue weighted by Crippen LogP contribution is 2.38. The molecule has 0 fully saturated rings. The van der Waals surface area contributed by atoms with Gasteiger partial charge in [0.2, 0.25) is 0 Å². The molecule has 12 rings (SSSR count). The minimum atomic E-state index is -0.454. The molecule has 0 spiro atoms. The van der Waals surface area contributed by atoms with Crippen LogP contribution >= 0.6 is 0 Å². The predicted octanol–water partition coefficient (Wildman–Crippen LogP) is 11.1. The summed E-state index contributed by atoms with van der Waals surface area (Å²) in [5.41, 5.74) is 5.63. The summed E-state index contributed by atoms with van der Waals surface area (Å²) in [5, 5.41) is 5.19. The molecule has 9 heteroatoms. The van der Waals surface area contributed by atoms with Gasteiger partial charge in [0.25, 0.3) is 11.1 Å². The molecule has 0 atom stereocenters. The summed E-state index contributed by atoms with van der Waals surface area (Å²) in [6, 6.07) is 56.1. The molecular weight excluding hydrogens is 757 g/mol. The fraction of sp³-hybridized carbons (Fsp3) is 0. The first-order valence-corrected chi connectivity index (χ1v) is 19.9. The van der Waals surface area contributed by atoms with Crippen LogP contribution in [0.15, 0.2) is 196 Å². The number of hydrogen-bond acceptors (Lipinski definition) is 7. The number of nitrogens with zero attached hydrogens (tertiary/aromatic N) is 6. The third-order valence-corrected chi connectivity index (χ3v) is 11.4. The van der Waals surface area contributed by atoms with Crippen molar-refractivity contribution >= 4 is 65.4 Å². The van der Waals surface area contributed by atoms with Gasteiger partial charge in [-0.1, -0.05) is 103 Å². The summed E-state index contributed by atoms with van der Waals surface area (Å²) >= 11 is 0. The summed E-state index contributed by atoms with van der Waals surface area (Å²) in [7, 11) is 0. The van der Waals surface area contributed by atoms with Crippen molar-refractivity contribution in [2.45, 2.75) is 0 Å². The minimum absolute atomic E-state index is 0.386. The lowest BCUT2D eigenvalue weighted by Crippen LogP contribution is -2.28. The van der Waals surface area contributed by atoms with E-state index in [9.17, 15) is 0 Å². The third-order valence-electron chi connectivity index (χ3n) is 11.4. The van der Waals surface area contributed by atoms with Crippen molar-refractivity contribution in [3.63, 3.8) is 0 Å². The average molecular weight is 787 g/mol. The lowest BCUT2D eigenvalue weighted by atomic mass is 10.0. The summed E-state index contributed by atoms with van der Waals surface area (Å²) < 4.78 is 9.71. The molecule has 61 heavy (non-hydrogen) atoms. The number of aromatic nitrogens is 6. The molecule has 0 N–H and O–H groups in total. The van der Waals surface area contributed by atoms with Crippen LogP contribution in [0, 0.1) is 0 Å². The Labute approximate surface area is 346 Å². The van der Waals surface area contributed by atoms with Crippen LogP contribution < -0.4 is 11.1 Å². The van der Waals surface area contributed by atoms with Crippen LogP contribution in [0.2, 0.25) is 0 Å². The Morgan fingerprint density at radius 2 is 0.984 bits per heavy atom. The first-order valence-electron chi connectivity index (χ1n) is 19.9. The van der Waals surface area contributed by atoms with Crippen LogP contribution in [-0.4, -0.2) is 29.1 Å². The second-order valence-electron chi connectivity index (χ2n) is 15.0. The zero-order valence-electron chi connectivity index (χ0n) is 32.2. The fourth-order valence-electron chi connectivity index (χ4n) is 8.65. The molecule has 12 aromatic rings. The molecule has 0 bridgehead atoms. The van der Waals surface area contributed by atoms with E-state index in [1.54, 1.807) is 18.3 Å². The quantitative estimate of drug-likeness (QED) is 0.171. The van der Waals surface area contributed by atoms with Crippen LogP contribution in [0.1, 0.15) is 0 Å². The molecule has 0 amide bonds. The average Bonchev–Trinajstić information content (AvgIpc) is 3.84. The van der Waals surface area contributed by atoms with E-state index in [1.807, 2.05) is 164 Å². The smallest absolute Gasteiger partial charge is 0.266 e. The first-order chi connectivity index (χ1) is 30.1. The molecule has 5 aromatic heterocycles. The van der Waals surface area contributed by atoms with E-state index in [2.05, 4.69) is 4.57 Å². The highest BCUT2D eigenvalue weighted by molar-refractivity contribution is 6.25. The molecule has 286 valence electrons. The summed E-state index contributed by atoms with van der Waals surface area (Å²) in [6.45, 7) is 0. The van der Waals surface area contributed by atoms with Gasteiger partial charge in [-0.25, -0.2) is 24.5 Å². The zero-order valence-corrected chi connectivity index (χ0v) is 32.2. The van der Waals surface area contributed by atoms with Gasteiger partial charge in [-0.3, -0.25) is 14.2 Å². The minimum Gasteiger partial charge on any atom is -0.456 e. The number of pyridine rings is 1. The molecular formula is C52H30N6O3. The van der Waals surface area contributed by atoms with Gasteiger partial charge >= 0.3 is 0 Å². The predicted molar refractivity (Wildman–Crippen MR) is 242 cm³/mol. The normalized spacial score (nSPS) is 11.7. The van der Waals surface area contributed by atoms with Gasteiger partial charge < -0.3 is 4.42 Å². The Balaban J connectivity index is 1.15. The zero-order chi connectivity index (χ0) is 40.6. The number of rotatable bonds is 5. The summed E-state index contributed by atoms with van der Waals surface area (Å²) in [6.07, 6.45) is 1.75. The van der Waals surface area contributed by atoms with E-state index in [4.69, 9.17) is 24.4 Å². The van der Waals surface area contributed by atoms with Crippen molar-refractivity contribution in [2.24, 2.45) is 0 Å². The number of furan rings is 1. The standard InChI is InChI=1S/C52H30N6O3/c59-51-41-29-40-36-19-10-11-21-43(36)61-44(40)30-39(41)37-26-27-42-45(38-20-12-28-53-50(38)57(42)34-17-8-3-9-18-34)46(37)52(60)58(51)35-24-22-33(23-25-35)49-55-47(31-13-4-1-5-14-31)54-48(56-49)32-15-6-2-7-16-32/h1-30H. The highest BCUT2D eigenvalue weighted by Gasteiger charge is 2.22. The molecule has 0 aliphatic heterocycles. The molecule has 7 aromatic carbocycles. The molecule has 5 heterocycles. The van der Waals surface area contributed by atoms with E-state index in [-0.39, 0.29) is 0 Å². The second-order valence-corrected chi connectivity index (χ2v) is 15.0. The number of hydrogen-bond donors (Lipinski definition) is 0. The summed E-state index contributed by atoms with van der Waals surface area (Å²) in [4.78, 5) is 50.2. The van der Waals surface area contributed by atoms with Crippen molar-refractivity contribution < 1.29 is 4.42 Å². The monoisotopic (exact) mass is 786 g/mol. The van der Waals surface area contributed by atoms with E-state index < -0.39 is 11.1 Å². The van der Waals surface area contributed by atoms with Crippen LogP contribution in [-0.2, 0) is 0 Å². The molecule has 0 aliphatic carbocycles. The Kier molecular flexibility index (Phi) is 7.63. The van der Waals surface area contributed by atoms with Crippen molar-refractivity contribution in [1.29, 1.82) is 0 Å². The molecule has 0 saturated heterocycles. The Morgan fingerprint density at radius 3 is 1.67 bits per heavy atom. The van der Waals surface area contributed by atoms with E-state index in [1.165, 1.54) is 4.57 Å². The third kappa shape index (κ3) is 5.41. The molecule has 0 aliphatic rings. The van der Waals surface area contributed by atoms with Gasteiger partial charge in [-0.15, -0.1) is 0 Å². The highest BCUT2D eigenvalue weighted by atomic mass is 16.3. The van der Waals surface area contributed by atoms with Crippen molar-refractivity contribution in [3.05, 3.63) is 203 Å². The number of fused-ring (bicyclic) bond motifs is 10. The van der Waals surface area contributed by atoms with Crippen molar-refractivity contribution in [2.75, 3.05) is 0 Å². The van der Waals surface area contributed by atoms with Crippen molar-refractivity contribution in [1.82, 2.24) is 29.1 Å². The maximum absolute atomic E-state index is 15.5. The fourth-order valence-corrected chi connectivity index (χ4v) is 8.65. The largest absolute Gasteiger partial charge is 0.456 e. The lowest BCUT2D eigenvalue weighted by Gasteiger charge is -2.09. The number of benzene rings is 7. The Hall–Kier alpha value is -8.56. The van der Waals surface area contributed by atoms with Gasteiger partial charge in [-0.05, 0) is 83.6 Å². The Bertz CT molecular complexity index is 3790.